The van der Waals surface area contributed by atoms with Crippen molar-refractivity contribution in [1.29, 1.82) is 0 Å². The molecule has 5 heteroatoms. The Morgan fingerprint density at radius 3 is 2.42 bits per heavy atom. The van der Waals surface area contributed by atoms with Gasteiger partial charge in [0.2, 0.25) is 0 Å². The highest BCUT2D eigenvalue weighted by Gasteiger charge is 2.20. The molecule has 3 N–H and O–H groups in total. The van der Waals surface area contributed by atoms with Crippen LogP contribution in [0.5, 0.6) is 0 Å². The van der Waals surface area contributed by atoms with E-state index in [0.29, 0.717) is 12.3 Å². The second-order valence-electron chi connectivity index (χ2n) is 5.19. The highest BCUT2D eigenvalue weighted by atomic mass is 16.5. The second-order valence-corrected chi connectivity index (χ2v) is 5.19. The molecule has 106 valence electrons. The highest BCUT2D eigenvalue weighted by Crippen LogP contribution is 2.15. The lowest BCUT2D eigenvalue weighted by atomic mass is 10.1. The summed E-state index contributed by atoms with van der Waals surface area (Å²) in [5.41, 5.74) is 1.05. The van der Waals surface area contributed by atoms with Gasteiger partial charge in [-0.15, -0.1) is 0 Å². The number of nitrogens with one attached hydrogen (secondary N) is 2. The van der Waals surface area contributed by atoms with Gasteiger partial charge in [0.25, 0.3) is 0 Å². The number of ether oxygens (including phenoxy) is 1. The number of methoxy groups -OCH3 is 1. The van der Waals surface area contributed by atoms with Crippen molar-refractivity contribution in [2.75, 3.05) is 19.0 Å². The van der Waals surface area contributed by atoms with Crippen molar-refractivity contribution in [2.45, 2.75) is 32.4 Å². The summed E-state index contributed by atoms with van der Waals surface area (Å²) < 4.78 is 5.03. The van der Waals surface area contributed by atoms with Crippen LogP contribution in [0, 0.1) is 0 Å². The molecule has 0 fully saturated rings. The lowest BCUT2D eigenvalue weighted by Gasteiger charge is -2.25. The number of anilines is 1. The number of amides is 2. The topological polar surface area (TPSA) is 70.6 Å². The Balaban J connectivity index is 2.57. The Kier molecular flexibility index (Phi) is 5.32. The van der Waals surface area contributed by atoms with E-state index >= 15 is 0 Å². The van der Waals surface area contributed by atoms with E-state index < -0.39 is 11.6 Å². The first-order valence-corrected chi connectivity index (χ1v) is 6.20. The quantitative estimate of drug-likeness (QED) is 0.765. The molecule has 0 spiro atoms. The first-order chi connectivity index (χ1) is 8.84. The molecule has 1 unspecified atom stereocenters. The summed E-state index contributed by atoms with van der Waals surface area (Å²) in [6, 6.07) is 6.78. The molecule has 19 heavy (non-hydrogen) atoms. The third-order valence-electron chi connectivity index (χ3n) is 2.61. The van der Waals surface area contributed by atoms with Crippen molar-refractivity contribution in [3.8, 4) is 0 Å². The zero-order valence-corrected chi connectivity index (χ0v) is 11.9. The fourth-order valence-corrected chi connectivity index (χ4v) is 1.71. The van der Waals surface area contributed by atoms with E-state index in [1.165, 1.54) is 0 Å². The Morgan fingerprint density at radius 1 is 1.37 bits per heavy atom. The van der Waals surface area contributed by atoms with Gasteiger partial charge < -0.3 is 20.5 Å². The Hall–Kier alpha value is -1.59. The maximum atomic E-state index is 11.8. The van der Waals surface area contributed by atoms with Crippen molar-refractivity contribution in [1.82, 2.24) is 5.32 Å². The summed E-state index contributed by atoms with van der Waals surface area (Å²) in [6.07, 6.45) is -0.511. The Labute approximate surface area is 114 Å². The molecule has 2 amide bonds. The molecule has 0 aliphatic rings. The van der Waals surface area contributed by atoms with Crippen LogP contribution in [0.15, 0.2) is 24.3 Å². The van der Waals surface area contributed by atoms with Gasteiger partial charge in [-0.3, -0.25) is 0 Å². The number of urea groups is 1. The van der Waals surface area contributed by atoms with E-state index in [9.17, 15) is 9.90 Å². The number of hydrogen-bond donors (Lipinski definition) is 3. The molecule has 1 rings (SSSR count). The van der Waals surface area contributed by atoms with E-state index in [-0.39, 0.29) is 6.03 Å². The standard InChI is InChI=1S/C14H22N2O3/c1-10(17)11-5-7-12(8-6-11)15-13(18)16-14(2,3)9-19-4/h5-8,10,17H,9H2,1-4H3,(H2,15,16,18). The summed E-state index contributed by atoms with van der Waals surface area (Å²) in [6.45, 7) is 5.89. The number of aliphatic hydroxyl groups excluding tert-OH is 1. The molecule has 5 nitrogen and oxygen atoms in total. The molecule has 0 heterocycles. The fraction of sp³-hybridized carbons (Fsp3) is 0.500. The van der Waals surface area contributed by atoms with Gasteiger partial charge in [0, 0.05) is 12.8 Å². The monoisotopic (exact) mass is 266 g/mol. The highest BCUT2D eigenvalue weighted by molar-refractivity contribution is 5.89. The number of rotatable bonds is 5. The number of aliphatic hydroxyl groups is 1. The second kappa shape index (κ2) is 6.54. The molecule has 0 saturated carbocycles. The lowest BCUT2D eigenvalue weighted by molar-refractivity contribution is 0.133. The van der Waals surface area contributed by atoms with Crippen molar-refractivity contribution in [2.24, 2.45) is 0 Å². The Bertz CT molecular complexity index is 413. The zero-order chi connectivity index (χ0) is 14.5. The third kappa shape index (κ3) is 5.28. The van der Waals surface area contributed by atoms with E-state index in [1.54, 1.807) is 38.3 Å². The molecule has 0 aliphatic heterocycles. The fourth-order valence-electron chi connectivity index (χ4n) is 1.71. The molecule has 1 atom stereocenters. The van der Waals surface area contributed by atoms with Crippen LogP contribution in [0.4, 0.5) is 10.5 Å². The average Bonchev–Trinajstić information content (AvgIpc) is 2.28. The Morgan fingerprint density at radius 2 is 1.95 bits per heavy atom. The number of carbonyl (C=O) groups excluding carboxylic acids is 1. The molecule has 1 aromatic rings. The first kappa shape index (κ1) is 15.5. The minimum absolute atomic E-state index is 0.285. The smallest absolute Gasteiger partial charge is 0.319 e. The van der Waals surface area contributed by atoms with Gasteiger partial charge in [0.15, 0.2) is 0 Å². The van der Waals surface area contributed by atoms with Gasteiger partial charge in [0.1, 0.15) is 0 Å². The summed E-state index contributed by atoms with van der Waals surface area (Å²) in [7, 11) is 1.59. The first-order valence-electron chi connectivity index (χ1n) is 6.20. The minimum atomic E-state index is -0.511. The van der Waals surface area contributed by atoms with Crippen LogP contribution in [0.3, 0.4) is 0 Å². The van der Waals surface area contributed by atoms with Gasteiger partial charge in [-0.1, -0.05) is 12.1 Å². The molecular weight excluding hydrogens is 244 g/mol. The largest absolute Gasteiger partial charge is 0.389 e. The third-order valence-corrected chi connectivity index (χ3v) is 2.61. The van der Waals surface area contributed by atoms with Crippen LogP contribution in [-0.2, 0) is 4.74 Å². The average molecular weight is 266 g/mol. The van der Waals surface area contributed by atoms with Crippen LogP contribution >= 0.6 is 0 Å². The van der Waals surface area contributed by atoms with Crippen LogP contribution < -0.4 is 10.6 Å². The molecule has 0 aliphatic carbocycles. The van der Waals surface area contributed by atoms with Crippen molar-refractivity contribution < 1.29 is 14.6 Å². The summed E-state index contributed by atoms with van der Waals surface area (Å²) in [5, 5.41) is 14.9. The number of benzene rings is 1. The molecular formula is C14H22N2O3. The van der Waals surface area contributed by atoms with E-state index in [1.807, 2.05) is 13.8 Å². The van der Waals surface area contributed by atoms with Gasteiger partial charge >= 0.3 is 6.03 Å². The van der Waals surface area contributed by atoms with Crippen LogP contribution in [-0.4, -0.2) is 30.4 Å². The van der Waals surface area contributed by atoms with Gasteiger partial charge in [-0.05, 0) is 38.5 Å². The maximum absolute atomic E-state index is 11.8. The van der Waals surface area contributed by atoms with Gasteiger partial charge in [-0.25, -0.2) is 4.79 Å². The molecule has 0 bridgehead atoms. The van der Waals surface area contributed by atoms with Crippen molar-refractivity contribution in [3.05, 3.63) is 29.8 Å². The SMILES string of the molecule is COCC(C)(C)NC(=O)Nc1ccc(C(C)O)cc1. The van der Waals surface area contributed by atoms with E-state index in [2.05, 4.69) is 10.6 Å². The number of hydrogen-bond acceptors (Lipinski definition) is 3. The van der Waals surface area contributed by atoms with Crippen LogP contribution in [0.2, 0.25) is 0 Å². The molecule has 0 aromatic heterocycles. The van der Waals surface area contributed by atoms with Crippen molar-refractivity contribution in [3.63, 3.8) is 0 Å². The van der Waals surface area contributed by atoms with Crippen LogP contribution in [0.25, 0.3) is 0 Å². The zero-order valence-electron chi connectivity index (χ0n) is 11.9. The molecule has 1 aromatic carbocycles. The maximum Gasteiger partial charge on any atom is 0.319 e. The predicted molar refractivity (Wildman–Crippen MR) is 75.2 cm³/mol. The minimum Gasteiger partial charge on any atom is -0.389 e. The van der Waals surface area contributed by atoms with E-state index in [0.717, 1.165) is 5.56 Å². The normalized spacial score (nSPS) is 12.9. The van der Waals surface area contributed by atoms with Gasteiger partial charge in [-0.2, -0.15) is 0 Å². The molecule has 0 saturated heterocycles. The predicted octanol–water partition coefficient (Wildman–Crippen LogP) is 2.29. The summed E-state index contributed by atoms with van der Waals surface area (Å²) >= 11 is 0. The summed E-state index contributed by atoms with van der Waals surface area (Å²) in [4.78, 5) is 11.8. The molecule has 0 radical (unpaired) electrons. The van der Waals surface area contributed by atoms with E-state index in [4.69, 9.17) is 4.74 Å². The van der Waals surface area contributed by atoms with Gasteiger partial charge in [0.05, 0.1) is 18.2 Å². The number of carbonyl (C=O) groups is 1. The lowest BCUT2D eigenvalue weighted by Crippen LogP contribution is -2.48. The van der Waals surface area contributed by atoms with Crippen molar-refractivity contribution >= 4 is 11.7 Å². The van der Waals surface area contributed by atoms with Crippen LogP contribution in [0.1, 0.15) is 32.4 Å². The summed E-state index contributed by atoms with van der Waals surface area (Å²) in [5.74, 6) is 0.